The fraction of sp³-hybridized carbons (Fsp3) is 1.00. The minimum absolute atomic E-state index is 0.0625. The second kappa shape index (κ2) is 2.94. The van der Waals surface area contributed by atoms with Crippen molar-refractivity contribution in [3.63, 3.8) is 0 Å². The molecule has 0 radical (unpaired) electrons. The SMILES string of the molecule is [CH3][Hf][CH2]S(=O)(=O)O. The fourth-order valence-electron chi connectivity index (χ4n) is 0.182. The van der Waals surface area contributed by atoms with Crippen LogP contribution in [0.4, 0.5) is 0 Å². The molecule has 0 saturated heterocycles. The van der Waals surface area contributed by atoms with Gasteiger partial charge in [0.05, 0.1) is 0 Å². The Balaban J connectivity index is 3.60. The van der Waals surface area contributed by atoms with Gasteiger partial charge in [-0.15, -0.1) is 0 Å². The van der Waals surface area contributed by atoms with Gasteiger partial charge < -0.3 is 0 Å². The summed E-state index contributed by atoms with van der Waals surface area (Å²) < 4.78 is 29.7. The van der Waals surface area contributed by atoms with Gasteiger partial charge in [-0.05, 0) is 0 Å². The molecule has 0 aromatic heterocycles. The molecule has 3 nitrogen and oxygen atoms in total. The summed E-state index contributed by atoms with van der Waals surface area (Å²) in [7, 11) is -3.59. The zero-order chi connectivity index (χ0) is 5.91. The van der Waals surface area contributed by atoms with E-state index in [-0.39, 0.29) is 3.51 Å². The van der Waals surface area contributed by atoms with Crippen LogP contribution in [0.1, 0.15) is 0 Å². The zero-order valence-corrected chi connectivity index (χ0v) is 8.29. The molecule has 0 aliphatic carbocycles. The number of rotatable bonds is 2. The van der Waals surface area contributed by atoms with Gasteiger partial charge in [0.25, 0.3) is 0 Å². The van der Waals surface area contributed by atoms with Gasteiger partial charge in [0.1, 0.15) is 0 Å². The van der Waals surface area contributed by atoms with Crippen LogP contribution in [-0.2, 0) is 33.0 Å². The fourth-order valence-corrected chi connectivity index (χ4v) is 4.48. The standard InChI is InChI=1S/CH3O3S.CH3.Hf/c1-5(2,3)4;;/h1H2,(H,2,3,4);1H3;. The summed E-state index contributed by atoms with van der Waals surface area (Å²) in [4.78, 5) is 0. The summed E-state index contributed by atoms with van der Waals surface area (Å²) in [5.41, 5.74) is 0. The molecule has 0 heterocycles. The second-order valence-electron chi connectivity index (χ2n) is 1.08. The van der Waals surface area contributed by atoms with Gasteiger partial charge in [0.15, 0.2) is 0 Å². The van der Waals surface area contributed by atoms with Crippen LogP contribution in [-0.4, -0.2) is 16.5 Å². The quantitative estimate of drug-likeness (QED) is 0.573. The third kappa shape index (κ3) is 6.78. The van der Waals surface area contributed by atoms with Crippen molar-refractivity contribution in [1.82, 2.24) is 0 Å². The van der Waals surface area contributed by atoms with E-state index < -0.39 is 33.0 Å². The topological polar surface area (TPSA) is 54.4 Å². The molecule has 1 N–H and O–H groups in total. The van der Waals surface area contributed by atoms with Crippen molar-refractivity contribution in [2.45, 2.75) is 4.68 Å². The van der Waals surface area contributed by atoms with Gasteiger partial charge in [0.2, 0.25) is 0 Å². The van der Waals surface area contributed by atoms with Crippen molar-refractivity contribution in [1.29, 1.82) is 0 Å². The van der Waals surface area contributed by atoms with Crippen LogP contribution in [0.5, 0.6) is 0 Å². The maximum atomic E-state index is 9.84. The van der Waals surface area contributed by atoms with Crippen molar-refractivity contribution in [3.8, 4) is 0 Å². The van der Waals surface area contributed by atoms with Gasteiger partial charge in [-0.2, -0.15) is 0 Å². The molecule has 0 unspecified atom stereocenters. The van der Waals surface area contributed by atoms with E-state index in [0.717, 1.165) is 0 Å². The molecule has 0 fully saturated rings. The number of hydrogen-bond acceptors (Lipinski definition) is 2. The normalized spacial score (nSPS) is 11.1. The first-order valence-corrected chi connectivity index (χ1v) is 9.40. The Morgan fingerprint density at radius 1 is 1.71 bits per heavy atom. The summed E-state index contributed by atoms with van der Waals surface area (Å²) in [5, 5.41) is 0. The van der Waals surface area contributed by atoms with E-state index in [1.807, 2.05) is 4.68 Å². The van der Waals surface area contributed by atoms with Gasteiger partial charge in [0, 0.05) is 0 Å². The summed E-state index contributed by atoms with van der Waals surface area (Å²) in [6.07, 6.45) is 0. The summed E-state index contributed by atoms with van der Waals surface area (Å²) >= 11 is -0.928. The first-order valence-electron chi connectivity index (χ1n) is 1.66. The Labute approximate surface area is 54.2 Å². The molecule has 0 saturated carbocycles. The van der Waals surface area contributed by atoms with Crippen molar-refractivity contribution in [3.05, 3.63) is 0 Å². The van der Waals surface area contributed by atoms with Crippen molar-refractivity contribution >= 4 is 10.1 Å². The van der Waals surface area contributed by atoms with E-state index >= 15 is 0 Å². The van der Waals surface area contributed by atoms with Crippen LogP contribution in [0, 0.1) is 0 Å². The third-order valence-corrected chi connectivity index (χ3v) is 8.02. The molecule has 0 amide bonds. The molecule has 42 valence electrons. The van der Waals surface area contributed by atoms with Gasteiger partial charge >= 0.3 is 54.2 Å². The average molecular weight is 289 g/mol. The Kier molecular flexibility index (Phi) is 3.27. The predicted octanol–water partition coefficient (Wildman–Crippen LogP) is -0.0377. The molecule has 7 heavy (non-hydrogen) atoms. The molecule has 0 bridgehead atoms. The maximum absolute atomic E-state index is 9.84. The summed E-state index contributed by atoms with van der Waals surface area (Å²) in [5.74, 6) is 0. The zero-order valence-electron chi connectivity index (χ0n) is 3.88. The summed E-state index contributed by atoms with van der Waals surface area (Å²) in [6.45, 7) is 0. The van der Waals surface area contributed by atoms with Crippen molar-refractivity contribution < 1.29 is 35.9 Å². The van der Waals surface area contributed by atoms with E-state index in [1.54, 1.807) is 0 Å². The Bertz CT molecular complexity index is 126. The molecule has 0 aliphatic heterocycles. The van der Waals surface area contributed by atoms with Crippen LogP contribution in [0.25, 0.3) is 0 Å². The van der Waals surface area contributed by atoms with Gasteiger partial charge in [-0.1, -0.05) is 0 Å². The predicted molar refractivity (Wildman–Crippen MR) is 22.3 cm³/mol. The first-order chi connectivity index (χ1) is 3.06. The number of hydrogen-bond donors (Lipinski definition) is 1. The second-order valence-corrected chi connectivity index (χ2v) is 8.18. The first kappa shape index (κ1) is 7.78. The molecular weight excluding hydrogens is 283 g/mol. The van der Waals surface area contributed by atoms with E-state index in [9.17, 15) is 8.42 Å². The monoisotopic (exact) mass is 290 g/mol. The van der Waals surface area contributed by atoms with Crippen LogP contribution in [0.15, 0.2) is 0 Å². The molecule has 0 spiro atoms. The van der Waals surface area contributed by atoms with Crippen molar-refractivity contribution in [2.75, 3.05) is 3.51 Å². The average Bonchev–Trinajstić information content (AvgIpc) is 1.30. The van der Waals surface area contributed by atoms with Crippen LogP contribution in [0.3, 0.4) is 0 Å². The van der Waals surface area contributed by atoms with Gasteiger partial charge in [-0.3, -0.25) is 0 Å². The van der Waals surface area contributed by atoms with E-state index in [2.05, 4.69) is 0 Å². The van der Waals surface area contributed by atoms with Crippen molar-refractivity contribution in [2.24, 2.45) is 0 Å². The Morgan fingerprint density at radius 2 is 2.14 bits per heavy atom. The molecule has 0 atom stereocenters. The summed E-state index contributed by atoms with van der Waals surface area (Å²) in [6, 6.07) is 0. The minimum atomic E-state index is -3.59. The third-order valence-electron chi connectivity index (χ3n) is 0.327. The van der Waals surface area contributed by atoms with E-state index in [4.69, 9.17) is 4.55 Å². The molecule has 0 aromatic rings. The van der Waals surface area contributed by atoms with Gasteiger partial charge in [-0.25, -0.2) is 0 Å². The molecule has 0 aliphatic rings. The molecule has 0 rings (SSSR count). The molecular formula is C2H6HfO3S. The van der Waals surface area contributed by atoms with Crippen LogP contribution in [0.2, 0.25) is 4.68 Å². The van der Waals surface area contributed by atoms with Crippen LogP contribution >= 0.6 is 0 Å². The van der Waals surface area contributed by atoms with Crippen LogP contribution < -0.4 is 0 Å². The van der Waals surface area contributed by atoms with E-state index in [1.165, 1.54) is 0 Å². The van der Waals surface area contributed by atoms with E-state index in [0.29, 0.717) is 0 Å². The Hall–Kier alpha value is 0.780. The molecule has 0 aromatic carbocycles. The Morgan fingerprint density at radius 3 is 2.14 bits per heavy atom. The molecule has 5 heteroatoms.